The zero-order valence-electron chi connectivity index (χ0n) is 11.6. The van der Waals surface area contributed by atoms with Gasteiger partial charge < -0.3 is 5.32 Å². The van der Waals surface area contributed by atoms with Crippen LogP contribution in [-0.4, -0.2) is 47.6 Å². The van der Waals surface area contributed by atoms with Gasteiger partial charge in [0.15, 0.2) is 0 Å². The predicted octanol–water partition coefficient (Wildman–Crippen LogP) is 2.73. The lowest BCUT2D eigenvalue weighted by atomic mass is 9.91. The standard InChI is InChI=1S/C14H28N2S/c1-4-12-10-16(11(2)9-15-12)13-6-5-7-14(8-13)17-3/h11-15H,4-10H2,1-3H3. The van der Waals surface area contributed by atoms with E-state index in [1.165, 1.54) is 45.2 Å². The van der Waals surface area contributed by atoms with Gasteiger partial charge in [0.25, 0.3) is 0 Å². The SMILES string of the molecule is CCC1CN(C2CCCC(SC)C2)C(C)CN1. The van der Waals surface area contributed by atoms with Crippen molar-refractivity contribution < 1.29 is 0 Å². The third-order valence-corrected chi connectivity index (χ3v) is 5.69. The van der Waals surface area contributed by atoms with E-state index in [1.807, 2.05) is 0 Å². The summed E-state index contributed by atoms with van der Waals surface area (Å²) in [5, 5.41) is 4.58. The van der Waals surface area contributed by atoms with E-state index in [0.29, 0.717) is 0 Å². The number of nitrogens with zero attached hydrogens (tertiary/aromatic N) is 1. The molecule has 4 atom stereocenters. The van der Waals surface area contributed by atoms with Gasteiger partial charge in [-0.25, -0.2) is 0 Å². The lowest BCUT2D eigenvalue weighted by molar-refractivity contribution is 0.0706. The third kappa shape index (κ3) is 3.39. The van der Waals surface area contributed by atoms with E-state index in [1.54, 1.807) is 0 Å². The minimum absolute atomic E-state index is 0.723. The average molecular weight is 256 g/mol. The van der Waals surface area contributed by atoms with Crippen LogP contribution in [0.5, 0.6) is 0 Å². The molecule has 1 aliphatic carbocycles. The monoisotopic (exact) mass is 256 g/mol. The van der Waals surface area contributed by atoms with E-state index >= 15 is 0 Å². The molecule has 3 heteroatoms. The second kappa shape index (κ2) is 6.44. The maximum absolute atomic E-state index is 3.67. The summed E-state index contributed by atoms with van der Waals surface area (Å²) in [5.74, 6) is 0. The van der Waals surface area contributed by atoms with Crippen molar-refractivity contribution in [1.29, 1.82) is 0 Å². The summed E-state index contributed by atoms with van der Waals surface area (Å²) in [6.45, 7) is 7.14. The first-order valence-corrected chi connectivity index (χ1v) is 8.55. The highest BCUT2D eigenvalue weighted by atomic mass is 32.2. The van der Waals surface area contributed by atoms with Gasteiger partial charge in [0.1, 0.15) is 0 Å². The van der Waals surface area contributed by atoms with Crippen LogP contribution in [0.4, 0.5) is 0 Å². The normalized spacial score (nSPS) is 40.4. The van der Waals surface area contributed by atoms with Gasteiger partial charge in [-0.05, 0) is 38.9 Å². The van der Waals surface area contributed by atoms with Crippen molar-refractivity contribution in [1.82, 2.24) is 10.2 Å². The second-order valence-electron chi connectivity index (χ2n) is 5.74. The molecule has 0 amide bonds. The molecule has 2 nitrogen and oxygen atoms in total. The number of thioether (sulfide) groups is 1. The molecule has 0 aromatic rings. The fourth-order valence-electron chi connectivity index (χ4n) is 3.37. The van der Waals surface area contributed by atoms with Crippen LogP contribution >= 0.6 is 11.8 Å². The Hall–Kier alpha value is 0.270. The Morgan fingerprint density at radius 1 is 1.35 bits per heavy atom. The molecular weight excluding hydrogens is 228 g/mol. The summed E-state index contributed by atoms with van der Waals surface area (Å²) in [5.41, 5.74) is 0. The van der Waals surface area contributed by atoms with Crippen molar-refractivity contribution in [3.05, 3.63) is 0 Å². The molecular formula is C14H28N2S. The van der Waals surface area contributed by atoms with Crippen LogP contribution in [0.25, 0.3) is 0 Å². The largest absolute Gasteiger partial charge is 0.311 e. The first-order chi connectivity index (χ1) is 8.24. The van der Waals surface area contributed by atoms with Crippen molar-refractivity contribution in [3.8, 4) is 0 Å². The number of rotatable bonds is 3. The topological polar surface area (TPSA) is 15.3 Å². The zero-order valence-corrected chi connectivity index (χ0v) is 12.4. The molecule has 1 saturated heterocycles. The van der Waals surface area contributed by atoms with Gasteiger partial charge in [0.05, 0.1) is 0 Å². The van der Waals surface area contributed by atoms with Crippen LogP contribution in [0.2, 0.25) is 0 Å². The molecule has 0 spiro atoms. The molecule has 1 N–H and O–H groups in total. The molecule has 0 bridgehead atoms. The van der Waals surface area contributed by atoms with E-state index in [9.17, 15) is 0 Å². The maximum atomic E-state index is 3.67. The van der Waals surface area contributed by atoms with Gasteiger partial charge in [-0.15, -0.1) is 0 Å². The van der Waals surface area contributed by atoms with Crippen LogP contribution in [0.3, 0.4) is 0 Å². The number of piperazine rings is 1. The van der Waals surface area contributed by atoms with Crippen molar-refractivity contribution in [2.24, 2.45) is 0 Å². The van der Waals surface area contributed by atoms with E-state index in [-0.39, 0.29) is 0 Å². The molecule has 0 aromatic heterocycles. The van der Waals surface area contributed by atoms with Crippen LogP contribution in [0.15, 0.2) is 0 Å². The molecule has 1 saturated carbocycles. The summed E-state index contributed by atoms with van der Waals surface area (Å²) in [6, 6.07) is 2.30. The van der Waals surface area contributed by atoms with Crippen molar-refractivity contribution in [3.63, 3.8) is 0 Å². The van der Waals surface area contributed by atoms with E-state index in [4.69, 9.17) is 0 Å². The van der Waals surface area contributed by atoms with Crippen molar-refractivity contribution >= 4 is 11.8 Å². The van der Waals surface area contributed by atoms with Gasteiger partial charge in [-0.1, -0.05) is 13.3 Å². The van der Waals surface area contributed by atoms with Gasteiger partial charge >= 0.3 is 0 Å². The number of hydrogen-bond donors (Lipinski definition) is 1. The van der Waals surface area contributed by atoms with Crippen LogP contribution in [0.1, 0.15) is 46.0 Å². The van der Waals surface area contributed by atoms with Crippen LogP contribution < -0.4 is 5.32 Å². The fourth-order valence-corrected chi connectivity index (χ4v) is 4.19. The zero-order chi connectivity index (χ0) is 12.3. The Kier molecular flexibility index (Phi) is 5.19. The molecule has 2 fully saturated rings. The first kappa shape index (κ1) is 13.7. The van der Waals surface area contributed by atoms with Crippen molar-refractivity contribution in [2.45, 2.75) is 69.3 Å². The minimum atomic E-state index is 0.723. The summed E-state index contributed by atoms with van der Waals surface area (Å²) in [6.07, 6.45) is 9.27. The lowest BCUT2D eigenvalue weighted by Crippen LogP contribution is -2.59. The molecule has 0 radical (unpaired) electrons. The van der Waals surface area contributed by atoms with Gasteiger partial charge in [0, 0.05) is 36.5 Å². The highest BCUT2D eigenvalue weighted by Gasteiger charge is 2.32. The molecule has 100 valence electrons. The van der Waals surface area contributed by atoms with Gasteiger partial charge in [0.2, 0.25) is 0 Å². The van der Waals surface area contributed by atoms with Crippen molar-refractivity contribution in [2.75, 3.05) is 19.3 Å². The minimum Gasteiger partial charge on any atom is -0.311 e. The number of hydrogen-bond acceptors (Lipinski definition) is 3. The molecule has 2 rings (SSSR count). The Bertz CT molecular complexity index is 234. The van der Waals surface area contributed by atoms with Crippen LogP contribution in [-0.2, 0) is 0 Å². The fraction of sp³-hybridized carbons (Fsp3) is 1.00. The first-order valence-electron chi connectivity index (χ1n) is 7.26. The van der Waals surface area contributed by atoms with Gasteiger partial charge in [-0.3, -0.25) is 4.90 Å². The number of nitrogens with one attached hydrogen (secondary N) is 1. The van der Waals surface area contributed by atoms with Crippen LogP contribution in [0, 0.1) is 0 Å². The highest BCUT2D eigenvalue weighted by molar-refractivity contribution is 7.99. The summed E-state index contributed by atoms with van der Waals surface area (Å²) in [7, 11) is 0. The smallest absolute Gasteiger partial charge is 0.0196 e. The molecule has 4 unspecified atom stereocenters. The third-order valence-electron chi connectivity index (χ3n) is 4.59. The molecule has 1 heterocycles. The summed E-state index contributed by atoms with van der Waals surface area (Å²) >= 11 is 2.08. The quantitative estimate of drug-likeness (QED) is 0.836. The van der Waals surface area contributed by atoms with E-state index in [0.717, 1.165) is 23.4 Å². The highest BCUT2D eigenvalue weighted by Crippen LogP contribution is 2.31. The Balaban J connectivity index is 1.94. The summed E-state index contributed by atoms with van der Waals surface area (Å²) < 4.78 is 0. The second-order valence-corrected chi connectivity index (χ2v) is 6.88. The Labute approximate surface area is 111 Å². The van der Waals surface area contributed by atoms with Gasteiger partial charge in [-0.2, -0.15) is 11.8 Å². The Morgan fingerprint density at radius 2 is 2.18 bits per heavy atom. The van der Waals surface area contributed by atoms with E-state index in [2.05, 4.69) is 42.1 Å². The maximum Gasteiger partial charge on any atom is 0.0196 e. The molecule has 2 aliphatic rings. The molecule has 0 aromatic carbocycles. The lowest BCUT2D eigenvalue weighted by Gasteiger charge is -2.45. The predicted molar refractivity (Wildman–Crippen MR) is 77.8 cm³/mol. The molecule has 1 aliphatic heterocycles. The molecule has 17 heavy (non-hydrogen) atoms. The Morgan fingerprint density at radius 3 is 2.88 bits per heavy atom. The summed E-state index contributed by atoms with van der Waals surface area (Å²) in [4.78, 5) is 2.80. The van der Waals surface area contributed by atoms with E-state index < -0.39 is 0 Å². The average Bonchev–Trinajstić information content (AvgIpc) is 2.39.